The van der Waals surface area contributed by atoms with Crippen LogP contribution in [0.15, 0.2) is 6.07 Å². The normalized spacial score (nSPS) is 14.5. The molecule has 0 bridgehead atoms. The number of ether oxygens (including phenoxy) is 2. The fourth-order valence-electron chi connectivity index (χ4n) is 4.66. The number of carbonyl (C=O) groups excluding carboxylic acids is 1. The van der Waals surface area contributed by atoms with Crippen LogP contribution in [0.2, 0.25) is 18.1 Å². The molecule has 0 saturated heterocycles. The van der Waals surface area contributed by atoms with E-state index in [0.717, 1.165) is 32.5 Å². The number of hydrogen-bond donors (Lipinski definition) is 0. The first-order valence-corrected chi connectivity index (χ1v) is 19.3. The largest absolute Gasteiger partial charge is 0.461 e. The van der Waals surface area contributed by atoms with Crippen molar-refractivity contribution in [3.63, 3.8) is 0 Å². The van der Waals surface area contributed by atoms with E-state index in [1.807, 2.05) is 31.7 Å². The highest BCUT2D eigenvalue weighted by atomic mass is 32.1. The molecule has 0 radical (unpaired) electrons. The maximum Gasteiger partial charge on any atom is 0.451 e. The molecular weight excluding hydrogens is 640 g/mol. The van der Waals surface area contributed by atoms with Gasteiger partial charge < -0.3 is 28.3 Å². The summed E-state index contributed by atoms with van der Waals surface area (Å²) in [5.74, 6) is -0.220. The van der Waals surface area contributed by atoms with Crippen LogP contribution in [0.3, 0.4) is 0 Å². The molecule has 4 rings (SSSR count). The third kappa shape index (κ3) is 8.67. The number of rotatable bonds is 11. The van der Waals surface area contributed by atoms with E-state index >= 15 is 0 Å². The van der Waals surface area contributed by atoms with Gasteiger partial charge in [-0.1, -0.05) is 34.1 Å². The quantitative estimate of drug-likeness (QED) is 0.199. The Labute approximate surface area is 273 Å². The highest BCUT2D eigenvalue weighted by Gasteiger charge is 2.40. The number of aromatic nitrogens is 5. The van der Waals surface area contributed by atoms with Crippen molar-refractivity contribution in [2.45, 2.75) is 104 Å². The molecule has 0 saturated carbocycles. The molecule has 0 N–H and O–H groups in total. The highest BCUT2D eigenvalue weighted by Crippen LogP contribution is 2.37. The molecule has 256 valence electrons. The fraction of sp³-hybridized carbons (Fsp3) is 0.700. The van der Waals surface area contributed by atoms with Crippen molar-refractivity contribution in [1.82, 2.24) is 29.6 Å². The molecule has 1 aliphatic rings. The number of aryl methyl sites for hydroxylation is 1. The summed E-state index contributed by atoms with van der Waals surface area (Å²) in [7, 11) is -2.02. The number of anilines is 1. The number of nitrogens with zero attached hydrogens (tertiary/aromatic N) is 7. The second-order valence-corrected chi connectivity index (χ2v) is 19.9. The van der Waals surface area contributed by atoms with Gasteiger partial charge in [0.15, 0.2) is 14.1 Å². The summed E-state index contributed by atoms with van der Waals surface area (Å²) in [5, 5.41) is 8.06. The predicted octanol–water partition coefficient (Wildman–Crippen LogP) is 6.91. The molecule has 0 aliphatic carbocycles. The van der Waals surface area contributed by atoms with Gasteiger partial charge in [0.25, 0.3) is 0 Å². The van der Waals surface area contributed by atoms with Crippen LogP contribution in [0.5, 0.6) is 6.01 Å². The van der Waals surface area contributed by atoms with Gasteiger partial charge in [-0.2, -0.15) is 23.1 Å². The number of alkyl halides is 3. The third-order valence-electron chi connectivity index (χ3n) is 8.08. The van der Waals surface area contributed by atoms with Crippen molar-refractivity contribution in [1.29, 1.82) is 0 Å². The van der Waals surface area contributed by atoms with Crippen molar-refractivity contribution in [2.24, 2.45) is 0 Å². The van der Waals surface area contributed by atoms with Crippen LogP contribution in [-0.2, 0) is 34.8 Å². The first kappa shape index (κ1) is 35.9. The van der Waals surface area contributed by atoms with Crippen LogP contribution < -0.4 is 9.64 Å². The molecule has 0 unspecified atom stereocenters. The molecule has 3 aromatic rings. The molecule has 4 heterocycles. The summed E-state index contributed by atoms with van der Waals surface area (Å²) in [5.41, 5.74) is -0.672. The Morgan fingerprint density at radius 2 is 1.74 bits per heavy atom. The molecule has 1 aliphatic heterocycles. The Hall–Kier alpha value is -2.98. The predicted molar refractivity (Wildman–Crippen MR) is 174 cm³/mol. The Morgan fingerprint density at radius 3 is 2.37 bits per heavy atom. The summed E-state index contributed by atoms with van der Waals surface area (Å²) in [4.78, 5) is 27.8. The lowest BCUT2D eigenvalue weighted by molar-refractivity contribution is -0.147. The Morgan fingerprint density at radius 1 is 1.04 bits per heavy atom. The molecule has 46 heavy (non-hydrogen) atoms. The van der Waals surface area contributed by atoms with E-state index in [4.69, 9.17) is 18.9 Å². The van der Waals surface area contributed by atoms with Gasteiger partial charge in [0.05, 0.1) is 25.1 Å². The summed E-state index contributed by atoms with van der Waals surface area (Å²) in [6.45, 7) is 19.8. The van der Waals surface area contributed by atoms with Crippen LogP contribution >= 0.6 is 11.3 Å². The lowest BCUT2D eigenvalue weighted by Gasteiger charge is -2.37. The van der Waals surface area contributed by atoms with Crippen LogP contribution in [0.25, 0.3) is 10.2 Å². The lowest BCUT2D eigenvalue weighted by Crippen LogP contribution is -2.45. The summed E-state index contributed by atoms with van der Waals surface area (Å²) in [6.07, 6.45) is -3.23. The van der Waals surface area contributed by atoms with Crippen LogP contribution in [0, 0.1) is 0 Å². The SMILES string of the molecule is CCCc1cc2c(N3CCn4c(nnc4C(F)(F)F)C3)nc(OCCN(CCO[Si](C)(C)C(C)(C)C)C(=O)OC(C)(C)C)nc2s1. The smallest absolute Gasteiger partial charge is 0.451 e. The van der Waals surface area contributed by atoms with E-state index < -0.39 is 32.0 Å². The number of carbonyl (C=O) groups is 1. The minimum absolute atomic E-state index is 0.0317. The Balaban J connectivity index is 1.53. The maximum atomic E-state index is 13.4. The van der Waals surface area contributed by atoms with Gasteiger partial charge in [-0.3, -0.25) is 0 Å². The molecule has 16 heteroatoms. The van der Waals surface area contributed by atoms with Gasteiger partial charge in [0.1, 0.15) is 22.9 Å². The average molecular weight is 686 g/mol. The lowest BCUT2D eigenvalue weighted by atomic mass is 10.2. The molecule has 1 amide bonds. The first-order chi connectivity index (χ1) is 21.3. The van der Waals surface area contributed by atoms with E-state index in [9.17, 15) is 18.0 Å². The number of amides is 1. The van der Waals surface area contributed by atoms with Gasteiger partial charge in [0.2, 0.25) is 5.82 Å². The minimum atomic E-state index is -4.58. The van der Waals surface area contributed by atoms with E-state index in [1.54, 1.807) is 4.90 Å². The molecule has 0 spiro atoms. The zero-order valence-corrected chi connectivity index (χ0v) is 30.1. The molecule has 0 fully saturated rings. The van der Waals surface area contributed by atoms with Crippen molar-refractivity contribution in [3.8, 4) is 6.01 Å². The highest BCUT2D eigenvalue weighted by molar-refractivity contribution is 7.18. The molecule has 0 aromatic carbocycles. The minimum Gasteiger partial charge on any atom is -0.461 e. The average Bonchev–Trinajstić information content (AvgIpc) is 3.53. The van der Waals surface area contributed by atoms with Gasteiger partial charge >= 0.3 is 18.3 Å². The van der Waals surface area contributed by atoms with Crippen LogP contribution in [0.1, 0.15) is 71.4 Å². The molecule has 11 nitrogen and oxygen atoms in total. The molecular formula is C30H46F3N7O4SSi. The number of hydrogen-bond acceptors (Lipinski definition) is 10. The Bertz CT molecular complexity index is 1510. The van der Waals surface area contributed by atoms with Crippen molar-refractivity contribution < 1.29 is 31.9 Å². The van der Waals surface area contributed by atoms with Gasteiger partial charge in [0, 0.05) is 24.5 Å². The maximum absolute atomic E-state index is 13.4. The Kier molecular flexibility index (Phi) is 10.6. The van der Waals surface area contributed by atoms with Crippen LogP contribution in [0.4, 0.5) is 23.8 Å². The monoisotopic (exact) mass is 685 g/mol. The molecule has 0 atom stereocenters. The summed E-state index contributed by atoms with van der Waals surface area (Å²) >= 11 is 1.54. The zero-order chi connectivity index (χ0) is 34.1. The molecule has 3 aromatic heterocycles. The first-order valence-electron chi connectivity index (χ1n) is 15.6. The van der Waals surface area contributed by atoms with E-state index in [1.165, 1.54) is 11.3 Å². The fourth-order valence-corrected chi connectivity index (χ4v) is 6.81. The van der Waals surface area contributed by atoms with E-state index in [0.29, 0.717) is 19.0 Å². The van der Waals surface area contributed by atoms with Gasteiger partial charge in [-0.25, -0.2) is 4.79 Å². The van der Waals surface area contributed by atoms with E-state index in [-0.39, 0.29) is 49.7 Å². The van der Waals surface area contributed by atoms with Crippen molar-refractivity contribution in [3.05, 3.63) is 22.6 Å². The standard InChI is InChI=1S/C30H46F3N7O4SSi/c1-10-11-20-18-21-23(39-12-13-40-22(19-39)36-37-25(40)30(31,32)33)34-26(35-24(21)45-20)42-16-14-38(27(41)44-28(2,3)4)15-17-43-46(8,9)29(5,6)7/h18H,10-17,19H2,1-9H3. The van der Waals surface area contributed by atoms with Gasteiger partial charge in [-0.05, 0) is 51.4 Å². The summed E-state index contributed by atoms with van der Waals surface area (Å²) < 4.78 is 59.4. The third-order valence-corrected chi connectivity index (χ3v) is 13.7. The van der Waals surface area contributed by atoms with E-state index in [2.05, 4.69) is 56.0 Å². The van der Waals surface area contributed by atoms with Gasteiger partial charge in [-0.15, -0.1) is 21.5 Å². The van der Waals surface area contributed by atoms with Crippen molar-refractivity contribution in [2.75, 3.05) is 37.7 Å². The summed E-state index contributed by atoms with van der Waals surface area (Å²) in [6, 6.07) is 2.16. The zero-order valence-electron chi connectivity index (χ0n) is 28.2. The second-order valence-electron chi connectivity index (χ2n) is 13.9. The second kappa shape index (κ2) is 13.6. The number of halogens is 3. The van der Waals surface area contributed by atoms with Crippen molar-refractivity contribution >= 4 is 41.8 Å². The topological polar surface area (TPSA) is 108 Å². The van der Waals surface area contributed by atoms with Crippen LogP contribution in [-0.4, -0.2) is 82.5 Å². The number of fused-ring (bicyclic) bond motifs is 2. The number of thiophene rings is 1.